The molecule has 0 radical (unpaired) electrons. The van der Waals surface area contributed by atoms with Gasteiger partial charge in [0.2, 0.25) is 11.8 Å². The molecule has 2 aromatic rings. The van der Waals surface area contributed by atoms with Crippen LogP contribution in [0.2, 0.25) is 0 Å². The molecule has 188 valence electrons. The summed E-state index contributed by atoms with van der Waals surface area (Å²) in [5.74, 6) is 0.0451. The second-order valence-corrected chi connectivity index (χ2v) is 8.31. The Morgan fingerprint density at radius 1 is 1.09 bits per heavy atom. The van der Waals surface area contributed by atoms with Crippen molar-refractivity contribution in [1.29, 1.82) is 0 Å². The Bertz CT molecular complexity index is 1060. The number of carbonyl (C=O) groups is 3. The number of hydrogen-bond donors (Lipinski definition) is 3. The van der Waals surface area contributed by atoms with E-state index in [4.69, 9.17) is 9.47 Å². The minimum Gasteiger partial charge on any atom is -0.497 e. The van der Waals surface area contributed by atoms with E-state index in [-0.39, 0.29) is 36.0 Å². The maximum absolute atomic E-state index is 13.8. The molecule has 0 bridgehead atoms. The fraction of sp³-hybridized carbons (Fsp3) is 0.400. The molecule has 9 nitrogen and oxygen atoms in total. The van der Waals surface area contributed by atoms with Gasteiger partial charge in [0.1, 0.15) is 23.4 Å². The van der Waals surface area contributed by atoms with Gasteiger partial charge in [-0.15, -0.1) is 0 Å². The Hall–Kier alpha value is -3.82. The molecule has 1 atom stereocenters. The lowest BCUT2D eigenvalue weighted by Crippen LogP contribution is -2.53. The number of amides is 4. The highest BCUT2D eigenvalue weighted by molar-refractivity contribution is 5.90. The maximum Gasteiger partial charge on any atom is 0.321 e. The predicted molar refractivity (Wildman–Crippen MR) is 129 cm³/mol. The number of methoxy groups -OCH3 is 2. The molecule has 4 amide bonds. The molecule has 0 aromatic heterocycles. The Morgan fingerprint density at radius 3 is 2.43 bits per heavy atom. The third-order valence-corrected chi connectivity index (χ3v) is 5.86. The number of likely N-dealkylation sites (tertiary alicyclic amines) is 1. The predicted octanol–water partition coefficient (Wildman–Crippen LogP) is 2.70. The highest BCUT2D eigenvalue weighted by Crippen LogP contribution is 2.26. The van der Waals surface area contributed by atoms with Gasteiger partial charge in [0.05, 0.1) is 19.9 Å². The fourth-order valence-electron chi connectivity index (χ4n) is 3.98. The number of carbonyl (C=O) groups excluding carboxylic acids is 3. The Morgan fingerprint density at radius 2 is 1.80 bits per heavy atom. The Kier molecular flexibility index (Phi) is 8.88. The monoisotopic (exact) mass is 486 g/mol. The summed E-state index contributed by atoms with van der Waals surface area (Å²) < 4.78 is 24.4. The van der Waals surface area contributed by atoms with E-state index in [0.29, 0.717) is 37.4 Å². The van der Waals surface area contributed by atoms with E-state index in [1.54, 1.807) is 42.3 Å². The van der Waals surface area contributed by atoms with Crippen LogP contribution in [0.25, 0.3) is 0 Å². The van der Waals surface area contributed by atoms with E-state index in [1.165, 1.54) is 26.2 Å². The van der Waals surface area contributed by atoms with Gasteiger partial charge in [0.15, 0.2) is 0 Å². The van der Waals surface area contributed by atoms with Crippen molar-refractivity contribution in [3.63, 3.8) is 0 Å². The second kappa shape index (κ2) is 12.0. The summed E-state index contributed by atoms with van der Waals surface area (Å²) in [5, 5.41) is 8.27. The van der Waals surface area contributed by atoms with Crippen LogP contribution in [0, 0.1) is 5.82 Å². The van der Waals surface area contributed by atoms with Crippen LogP contribution in [0.5, 0.6) is 11.5 Å². The second-order valence-electron chi connectivity index (χ2n) is 8.31. The first kappa shape index (κ1) is 25.8. The highest BCUT2D eigenvalue weighted by atomic mass is 19.1. The van der Waals surface area contributed by atoms with E-state index in [1.807, 2.05) is 0 Å². The Labute approximate surface area is 204 Å². The van der Waals surface area contributed by atoms with Gasteiger partial charge in [-0.2, -0.15) is 0 Å². The van der Waals surface area contributed by atoms with Crippen LogP contribution in [-0.4, -0.2) is 62.1 Å². The van der Waals surface area contributed by atoms with Crippen molar-refractivity contribution < 1.29 is 28.2 Å². The number of anilines is 1. The lowest BCUT2D eigenvalue weighted by Gasteiger charge is -2.33. The number of urea groups is 1. The molecule has 1 saturated heterocycles. The SMILES string of the molecule is COc1ccc(C[C@@H](NC(C)=O)C(=O)NC2CCN(C(=O)Nc3ccccc3F)CC2)c(OC)c1. The molecule has 10 heteroatoms. The van der Waals surface area contributed by atoms with Gasteiger partial charge in [-0.1, -0.05) is 18.2 Å². The van der Waals surface area contributed by atoms with Crippen molar-refractivity contribution in [2.75, 3.05) is 32.6 Å². The molecule has 0 saturated carbocycles. The summed E-state index contributed by atoms with van der Waals surface area (Å²) in [6.07, 6.45) is 1.31. The molecule has 3 N–H and O–H groups in total. The first-order valence-corrected chi connectivity index (χ1v) is 11.4. The van der Waals surface area contributed by atoms with Crippen molar-refractivity contribution in [2.45, 2.75) is 38.3 Å². The summed E-state index contributed by atoms with van der Waals surface area (Å²) in [6.45, 7) is 2.17. The standard InChI is InChI=1S/C25H31FN4O5/c1-16(31)27-22(14-17-8-9-19(34-2)15-23(17)35-3)24(32)28-18-10-12-30(13-11-18)25(33)29-21-7-5-4-6-20(21)26/h4-9,15,18,22H,10-14H2,1-3H3,(H,27,31)(H,28,32)(H,29,33)/t22-/m1/s1. The van der Waals surface area contributed by atoms with Gasteiger partial charge >= 0.3 is 6.03 Å². The average Bonchev–Trinajstić information content (AvgIpc) is 2.85. The quantitative estimate of drug-likeness (QED) is 0.532. The number of halogens is 1. The number of piperidine rings is 1. The van der Waals surface area contributed by atoms with E-state index >= 15 is 0 Å². The smallest absolute Gasteiger partial charge is 0.321 e. The molecule has 1 fully saturated rings. The summed E-state index contributed by atoms with van der Waals surface area (Å²) in [4.78, 5) is 38.9. The molecular weight excluding hydrogens is 455 g/mol. The van der Waals surface area contributed by atoms with Crippen LogP contribution in [0.15, 0.2) is 42.5 Å². The molecule has 0 spiro atoms. The topological polar surface area (TPSA) is 109 Å². The minimum atomic E-state index is -0.794. The van der Waals surface area contributed by atoms with Crippen LogP contribution in [-0.2, 0) is 16.0 Å². The van der Waals surface area contributed by atoms with Crippen LogP contribution in [0.3, 0.4) is 0 Å². The van der Waals surface area contributed by atoms with Crippen LogP contribution in [0.1, 0.15) is 25.3 Å². The van der Waals surface area contributed by atoms with E-state index < -0.39 is 11.9 Å². The molecule has 0 unspecified atom stereocenters. The van der Waals surface area contributed by atoms with Gasteiger partial charge in [-0.05, 0) is 36.6 Å². The van der Waals surface area contributed by atoms with Crippen LogP contribution < -0.4 is 25.4 Å². The zero-order chi connectivity index (χ0) is 25.4. The lowest BCUT2D eigenvalue weighted by molar-refractivity contribution is -0.128. The van der Waals surface area contributed by atoms with Gasteiger partial charge in [-0.3, -0.25) is 9.59 Å². The maximum atomic E-state index is 13.8. The van der Waals surface area contributed by atoms with Crippen LogP contribution >= 0.6 is 0 Å². The van der Waals surface area contributed by atoms with Gasteiger partial charge in [0.25, 0.3) is 0 Å². The number of rotatable bonds is 8. The van der Waals surface area contributed by atoms with Crippen LogP contribution in [0.4, 0.5) is 14.9 Å². The van der Waals surface area contributed by atoms with E-state index in [0.717, 1.165) is 5.56 Å². The zero-order valence-electron chi connectivity index (χ0n) is 20.1. The average molecular weight is 487 g/mol. The zero-order valence-corrected chi connectivity index (χ0v) is 20.1. The number of hydrogen-bond acceptors (Lipinski definition) is 5. The largest absolute Gasteiger partial charge is 0.497 e. The van der Waals surface area contributed by atoms with Crippen molar-refractivity contribution in [3.8, 4) is 11.5 Å². The van der Waals surface area contributed by atoms with Gasteiger partial charge < -0.3 is 30.3 Å². The third-order valence-electron chi connectivity index (χ3n) is 5.86. The molecule has 2 aromatic carbocycles. The normalized spacial score (nSPS) is 14.6. The molecular formula is C25H31FN4O5. The summed E-state index contributed by atoms with van der Waals surface area (Å²) in [5.41, 5.74) is 0.877. The number of ether oxygens (including phenoxy) is 2. The number of benzene rings is 2. The molecule has 35 heavy (non-hydrogen) atoms. The third kappa shape index (κ3) is 7.08. The number of para-hydroxylation sites is 1. The molecule has 3 rings (SSSR count). The first-order chi connectivity index (χ1) is 16.8. The minimum absolute atomic E-state index is 0.125. The fourth-order valence-corrected chi connectivity index (χ4v) is 3.98. The highest BCUT2D eigenvalue weighted by Gasteiger charge is 2.28. The van der Waals surface area contributed by atoms with Crippen molar-refractivity contribution >= 4 is 23.5 Å². The van der Waals surface area contributed by atoms with Gasteiger partial charge in [0, 0.05) is 38.5 Å². The van der Waals surface area contributed by atoms with Gasteiger partial charge in [-0.25, -0.2) is 9.18 Å². The van der Waals surface area contributed by atoms with Crippen molar-refractivity contribution in [2.24, 2.45) is 0 Å². The van der Waals surface area contributed by atoms with E-state index in [2.05, 4.69) is 16.0 Å². The molecule has 1 heterocycles. The summed E-state index contributed by atoms with van der Waals surface area (Å²) in [7, 11) is 3.08. The first-order valence-electron chi connectivity index (χ1n) is 11.4. The Balaban J connectivity index is 1.57. The van der Waals surface area contributed by atoms with Crippen molar-refractivity contribution in [1.82, 2.24) is 15.5 Å². The lowest BCUT2D eigenvalue weighted by atomic mass is 10.0. The number of nitrogens with zero attached hydrogens (tertiary/aromatic N) is 1. The molecule has 0 aliphatic carbocycles. The summed E-state index contributed by atoms with van der Waals surface area (Å²) in [6, 6.07) is 9.93. The van der Waals surface area contributed by atoms with Crippen molar-refractivity contribution in [3.05, 3.63) is 53.8 Å². The number of nitrogens with one attached hydrogen (secondary N) is 3. The van der Waals surface area contributed by atoms with E-state index in [9.17, 15) is 18.8 Å². The molecule has 1 aliphatic rings. The molecule has 1 aliphatic heterocycles. The summed E-state index contributed by atoms with van der Waals surface area (Å²) >= 11 is 0.